The quantitative estimate of drug-likeness (QED) is 0.441. The van der Waals surface area contributed by atoms with Gasteiger partial charge in [-0.1, -0.05) is 48.5 Å². The van der Waals surface area contributed by atoms with Crippen LogP contribution in [0.1, 0.15) is 41.2 Å². The van der Waals surface area contributed by atoms with Gasteiger partial charge >= 0.3 is 5.97 Å². The SMILES string of the molecule is COC1CCOC(c2cccc(COc3ccc(/C(=C/C(=O)O)c4ccccc4)c(O)c3)c2)C1. The highest BCUT2D eigenvalue weighted by atomic mass is 16.5. The van der Waals surface area contributed by atoms with Crippen LogP contribution in [-0.4, -0.2) is 36.0 Å². The van der Waals surface area contributed by atoms with Crippen molar-refractivity contribution < 1.29 is 29.2 Å². The summed E-state index contributed by atoms with van der Waals surface area (Å²) in [6.45, 7) is 1.00. The molecule has 0 aliphatic carbocycles. The monoisotopic (exact) mass is 460 g/mol. The van der Waals surface area contributed by atoms with E-state index in [9.17, 15) is 15.0 Å². The van der Waals surface area contributed by atoms with Crippen molar-refractivity contribution in [2.75, 3.05) is 13.7 Å². The van der Waals surface area contributed by atoms with E-state index in [0.29, 0.717) is 35.7 Å². The average Bonchev–Trinajstić information content (AvgIpc) is 2.87. The lowest BCUT2D eigenvalue weighted by Gasteiger charge is -2.29. The van der Waals surface area contributed by atoms with Gasteiger partial charge < -0.3 is 24.4 Å². The summed E-state index contributed by atoms with van der Waals surface area (Å²) in [5.74, 6) is -0.649. The number of phenolic OH excluding ortho intramolecular Hbond substituents is 1. The first kappa shape index (κ1) is 23.5. The molecule has 2 N–H and O–H groups in total. The van der Waals surface area contributed by atoms with E-state index in [1.165, 1.54) is 6.07 Å². The van der Waals surface area contributed by atoms with Crippen LogP contribution in [0, 0.1) is 0 Å². The molecule has 1 heterocycles. The average molecular weight is 461 g/mol. The van der Waals surface area contributed by atoms with Crippen LogP contribution in [-0.2, 0) is 20.9 Å². The predicted octanol–water partition coefficient (Wildman–Crippen LogP) is 5.35. The maximum absolute atomic E-state index is 11.4. The minimum Gasteiger partial charge on any atom is -0.507 e. The Kier molecular flexibility index (Phi) is 7.62. The van der Waals surface area contributed by atoms with E-state index >= 15 is 0 Å². The summed E-state index contributed by atoms with van der Waals surface area (Å²) >= 11 is 0. The van der Waals surface area contributed by atoms with E-state index < -0.39 is 5.97 Å². The second kappa shape index (κ2) is 11.0. The highest BCUT2D eigenvalue weighted by Crippen LogP contribution is 2.34. The van der Waals surface area contributed by atoms with Crippen molar-refractivity contribution in [3.05, 3.63) is 101 Å². The van der Waals surface area contributed by atoms with Crippen molar-refractivity contribution >= 4 is 11.5 Å². The lowest BCUT2D eigenvalue weighted by Crippen LogP contribution is -2.25. The van der Waals surface area contributed by atoms with Gasteiger partial charge in [0.1, 0.15) is 18.1 Å². The molecule has 34 heavy (non-hydrogen) atoms. The first-order valence-corrected chi connectivity index (χ1v) is 11.2. The molecular weight excluding hydrogens is 432 g/mol. The van der Waals surface area contributed by atoms with E-state index in [2.05, 4.69) is 6.07 Å². The number of hydrogen-bond donors (Lipinski definition) is 2. The Morgan fingerprint density at radius 2 is 1.91 bits per heavy atom. The topological polar surface area (TPSA) is 85.2 Å². The standard InChI is InChI=1S/C28H28O6/c1-32-22-12-13-33-27(16-22)21-9-5-6-19(14-21)18-34-23-10-11-24(26(29)15-23)25(17-28(30)31)20-7-3-2-4-8-20/h2-11,14-15,17,22,27,29H,12-13,16,18H2,1H3,(H,30,31)/b25-17+. The van der Waals surface area contributed by atoms with Gasteiger partial charge in [-0.2, -0.15) is 0 Å². The molecule has 3 aromatic rings. The lowest BCUT2D eigenvalue weighted by atomic mass is 9.96. The molecule has 1 fully saturated rings. The molecule has 4 rings (SSSR count). The number of hydrogen-bond acceptors (Lipinski definition) is 5. The number of phenols is 1. The van der Waals surface area contributed by atoms with Crippen molar-refractivity contribution in [2.24, 2.45) is 0 Å². The number of aromatic hydroxyl groups is 1. The fourth-order valence-corrected chi connectivity index (χ4v) is 4.15. The van der Waals surface area contributed by atoms with Crippen molar-refractivity contribution in [2.45, 2.75) is 31.7 Å². The molecule has 0 radical (unpaired) electrons. The highest BCUT2D eigenvalue weighted by molar-refractivity contribution is 5.96. The molecule has 1 aliphatic heterocycles. The number of carboxylic acid groups (broad SMARTS) is 1. The maximum Gasteiger partial charge on any atom is 0.328 e. The molecule has 6 heteroatoms. The Morgan fingerprint density at radius 3 is 2.65 bits per heavy atom. The third kappa shape index (κ3) is 5.84. The molecule has 0 bridgehead atoms. The predicted molar refractivity (Wildman–Crippen MR) is 129 cm³/mol. The second-order valence-electron chi connectivity index (χ2n) is 8.22. The Balaban J connectivity index is 1.48. The third-order valence-electron chi connectivity index (χ3n) is 5.91. The maximum atomic E-state index is 11.4. The first-order chi connectivity index (χ1) is 16.5. The molecule has 176 valence electrons. The summed E-state index contributed by atoms with van der Waals surface area (Å²) in [6.07, 6.45) is 3.03. The van der Waals surface area contributed by atoms with Crippen molar-refractivity contribution in [3.63, 3.8) is 0 Å². The van der Waals surface area contributed by atoms with E-state index in [0.717, 1.165) is 30.0 Å². The number of carboxylic acids is 1. The van der Waals surface area contributed by atoms with Crippen molar-refractivity contribution in [1.82, 2.24) is 0 Å². The number of carbonyl (C=O) groups is 1. The number of ether oxygens (including phenoxy) is 3. The number of rotatable bonds is 8. The van der Waals surface area contributed by atoms with E-state index in [4.69, 9.17) is 14.2 Å². The summed E-state index contributed by atoms with van der Waals surface area (Å²) in [5.41, 5.74) is 3.62. The molecule has 0 saturated carbocycles. The Labute approximate surface area is 199 Å². The molecule has 2 atom stereocenters. The Bertz CT molecular complexity index is 1150. The smallest absolute Gasteiger partial charge is 0.328 e. The van der Waals surface area contributed by atoms with Gasteiger partial charge in [0.05, 0.1) is 12.2 Å². The molecule has 1 saturated heterocycles. The number of methoxy groups -OCH3 is 1. The van der Waals surface area contributed by atoms with Gasteiger partial charge in [0, 0.05) is 37.8 Å². The summed E-state index contributed by atoms with van der Waals surface area (Å²) in [7, 11) is 1.73. The summed E-state index contributed by atoms with van der Waals surface area (Å²) in [6, 6.07) is 22.1. The summed E-state index contributed by atoms with van der Waals surface area (Å²) in [4.78, 5) is 11.4. The van der Waals surface area contributed by atoms with E-state index in [1.807, 2.05) is 36.4 Å². The zero-order valence-electron chi connectivity index (χ0n) is 19.0. The van der Waals surface area contributed by atoms with Crippen LogP contribution in [0.3, 0.4) is 0 Å². The highest BCUT2D eigenvalue weighted by Gasteiger charge is 2.23. The molecule has 3 aromatic carbocycles. The van der Waals surface area contributed by atoms with Crippen LogP contribution in [0.25, 0.3) is 5.57 Å². The first-order valence-electron chi connectivity index (χ1n) is 11.2. The molecule has 1 aliphatic rings. The van der Waals surface area contributed by atoms with Crippen LogP contribution < -0.4 is 4.74 Å². The molecule has 0 spiro atoms. The Morgan fingerprint density at radius 1 is 1.09 bits per heavy atom. The minimum absolute atomic E-state index is 0.000548. The summed E-state index contributed by atoms with van der Waals surface area (Å²) in [5, 5.41) is 20.0. The lowest BCUT2D eigenvalue weighted by molar-refractivity contribution is -0.131. The van der Waals surface area contributed by atoms with Gasteiger partial charge in [0.15, 0.2) is 0 Å². The van der Waals surface area contributed by atoms with Gasteiger partial charge in [-0.15, -0.1) is 0 Å². The minimum atomic E-state index is -1.09. The molecular formula is C28H28O6. The van der Waals surface area contributed by atoms with Crippen LogP contribution in [0.15, 0.2) is 78.9 Å². The van der Waals surface area contributed by atoms with Crippen molar-refractivity contribution in [1.29, 1.82) is 0 Å². The molecule has 2 unspecified atom stereocenters. The molecule has 6 nitrogen and oxygen atoms in total. The van der Waals surface area contributed by atoms with Crippen LogP contribution in [0.2, 0.25) is 0 Å². The largest absolute Gasteiger partial charge is 0.507 e. The van der Waals surface area contributed by atoms with Crippen LogP contribution >= 0.6 is 0 Å². The normalized spacial score (nSPS) is 18.4. The fourth-order valence-electron chi connectivity index (χ4n) is 4.15. The van der Waals surface area contributed by atoms with Gasteiger partial charge in [0.2, 0.25) is 0 Å². The van der Waals surface area contributed by atoms with Crippen LogP contribution in [0.4, 0.5) is 0 Å². The van der Waals surface area contributed by atoms with Gasteiger partial charge in [0.25, 0.3) is 0 Å². The Hall–Kier alpha value is -3.61. The zero-order valence-corrected chi connectivity index (χ0v) is 19.0. The summed E-state index contributed by atoms with van der Waals surface area (Å²) < 4.78 is 17.3. The molecule has 0 amide bonds. The number of aliphatic carboxylic acids is 1. The fraction of sp³-hybridized carbons (Fsp3) is 0.250. The van der Waals surface area contributed by atoms with E-state index in [1.54, 1.807) is 31.4 Å². The van der Waals surface area contributed by atoms with Crippen molar-refractivity contribution in [3.8, 4) is 11.5 Å². The molecule has 0 aromatic heterocycles. The third-order valence-corrected chi connectivity index (χ3v) is 5.91. The van der Waals surface area contributed by atoms with Gasteiger partial charge in [-0.05, 0) is 46.9 Å². The van der Waals surface area contributed by atoms with Crippen LogP contribution in [0.5, 0.6) is 11.5 Å². The van der Waals surface area contributed by atoms with Gasteiger partial charge in [-0.3, -0.25) is 0 Å². The zero-order chi connectivity index (χ0) is 23.9. The van der Waals surface area contributed by atoms with Gasteiger partial charge in [-0.25, -0.2) is 4.79 Å². The second-order valence-corrected chi connectivity index (χ2v) is 8.22. The number of benzene rings is 3. The van der Waals surface area contributed by atoms with E-state index in [-0.39, 0.29) is 18.0 Å².